The minimum absolute atomic E-state index is 0.699. The van der Waals surface area contributed by atoms with Crippen LogP contribution in [0.25, 0.3) is 0 Å². The Morgan fingerprint density at radius 2 is 1.78 bits per heavy atom. The van der Waals surface area contributed by atoms with Crippen molar-refractivity contribution < 1.29 is 4.57 Å². The normalized spacial score (nSPS) is 12.8. The second-order valence-electron chi connectivity index (χ2n) is 5.36. The fourth-order valence-corrected chi connectivity index (χ4v) is 2.56. The molecule has 1 unspecified atom stereocenters. The molecule has 0 aliphatic rings. The zero-order chi connectivity index (χ0) is 13.2. The van der Waals surface area contributed by atoms with E-state index in [1.54, 1.807) is 0 Å². The summed E-state index contributed by atoms with van der Waals surface area (Å²) in [5, 5.41) is 0. The van der Waals surface area contributed by atoms with Gasteiger partial charge in [0.05, 0.1) is 6.54 Å². The molecule has 18 heavy (non-hydrogen) atoms. The third-order valence-electron chi connectivity index (χ3n) is 3.73. The van der Waals surface area contributed by atoms with E-state index in [0.29, 0.717) is 6.04 Å². The average molecular weight is 251 g/mol. The SMILES string of the molecule is CCCCCCCC(CC)n1cc[n+](CCC)c1. The van der Waals surface area contributed by atoms with Gasteiger partial charge in [0.2, 0.25) is 6.33 Å². The molecule has 0 radical (unpaired) electrons. The number of imidazole rings is 1. The van der Waals surface area contributed by atoms with E-state index in [-0.39, 0.29) is 0 Å². The number of hydrogen-bond donors (Lipinski definition) is 0. The minimum atomic E-state index is 0.699. The first-order valence-corrected chi connectivity index (χ1v) is 7.88. The molecule has 0 fully saturated rings. The topological polar surface area (TPSA) is 8.81 Å². The van der Waals surface area contributed by atoms with E-state index >= 15 is 0 Å². The average Bonchev–Trinajstić information content (AvgIpc) is 2.83. The van der Waals surface area contributed by atoms with Gasteiger partial charge >= 0.3 is 0 Å². The van der Waals surface area contributed by atoms with Gasteiger partial charge in [-0.1, -0.05) is 46.5 Å². The Hall–Kier alpha value is -0.790. The summed E-state index contributed by atoms with van der Waals surface area (Å²) in [6.45, 7) is 7.96. The highest BCUT2D eigenvalue weighted by molar-refractivity contribution is 4.74. The van der Waals surface area contributed by atoms with Gasteiger partial charge in [-0.15, -0.1) is 0 Å². The van der Waals surface area contributed by atoms with Gasteiger partial charge in [0, 0.05) is 0 Å². The fraction of sp³-hybridized carbons (Fsp3) is 0.812. The molecule has 104 valence electrons. The molecular formula is C16H31N2+. The number of rotatable bonds is 10. The molecule has 2 nitrogen and oxygen atoms in total. The van der Waals surface area contributed by atoms with Gasteiger partial charge in [0.15, 0.2) is 0 Å². The van der Waals surface area contributed by atoms with Gasteiger partial charge in [0.25, 0.3) is 0 Å². The maximum Gasteiger partial charge on any atom is 0.243 e. The molecule has 0 aliphatic carbocycles. The molecule has 0 amide bonds. The summed E-state index contributed by atoms with van der Waals surface area (Å²) in [5.74, 6) is 0. The van der Waals surface area contributed by atoms with Crippen molar-refractivity contribution in [2.45, 2.75) is 84.7 Å². The summed E-state index contributed by atoms with van der Waals surface area (Å²) in [7, 11) is 0. The van der Waals surface area contributed by atoms with Crippen molar-refractivity contribution in [2.24, 2.45) is 0 Å². The largest absolute Gasteiger partial charge is 0.243 e. The molecule has 0 saturated heterocycles. The molecule has 0 bridgehead atoms. The van der Waals surface area contributed by atoms with Crippen LogP contribution >= 0.6 is 0 Å². The van der Waals surface area contributed by atoms with Gasteiger partial charge in [-0.3, -0.25) is 0 Å². The highest BCUT2D eigenvalue weighted by atomic mass is 15.1. The number of nitrogens with zero attached hydrogens (tertiary/aromatic N) is 2. The second kappa shape index (κ2) is 9.18. The first-order chi connectivity index (χ1) is 8.81. The maximum absolute atomic E-state index is 2.41. The summed E-state index contributed by atoms with van der Waals surface area (Å²) in [4.78, 5) is 0. The van der Waals surface area contributed by atoms with E-state index < -0.39 is 0 Å². The first-order valence-electron chi connectivity index (χ1n) is 7.88. The second-order valence-corrected chi connectivity index (χ2v) is 5.36. The summed E-state index contributed by atoms with van der Waals surface area (Å²) < 4.78 is 4.72. The van der Waals surface area contributed by atoms with Gasteiger partial charge in [-0.2, -0.15) is 0 Å². The van der Waals surface area contributed by atoms with Gasteiger partial charge in [0.1, 0.15) is 18.4 Å². The lowest BCUT2D eigenvalue weighted by molar-refractivity contribution is -0.696. The van der Waals surface area contributed by atoms with Crippen LogP contribution in [0, 0.1) is 0 Å². The van der Waals surface area contributed by atoms with Crippen molar-refractivity contribution in [1.82, 2.24) is 4.57 Å². The number of aromatic nitrogens is 2. The molecule has 1 aromatic rings. The van der Waals surface area contributed by atoms with Crippen molar-refractivity contribution in [3.05, 3.63) is 18.7 Å². The summed E-state index contributed by atoms with van der Waals surface area (Å²) in [6, 6.07) is 0.699. The van der Waals surface area contributed by atoms with Crippen LogP contribution in [-0.4, -0.2) is 4.57 Å². The van der Waals surface area contributed by atoms with E-state index in [2.05, 4.69) is 48.6 Å². The Balaban J connectivity index is 2.34. The smallest absolute Gasteiger partial charge is 0.237 e. The van der Waals surface area contributed by atoms with Crippen LogP contribution in [-0.2, 0) is 6.54 Å². The van der Waals surface area contributed by atoms with Gasteiger partial charge in [-0.25, -0.2) is 9.13 Å². The third kappa shape index (κ3) is 5.24. The minimum Gasteiger partial charge on any atom is -0.237 e. The first kappa shape index (κ1) is 15.3. The Morgan fingerprint density at radius 3 is 2.44 bits per heavy atom. The van der Waals surface area contributed by atoms with Crippen molar-refractivity contribution in [1.29, 1.82) is 0 Å². The molecule has 1 atom stereocenters. The van der Waals surface area contributed by atoms with Crippen molar-refractivity contribution >= 4 is 0 Å². The van der Waals surface area contributed by atoms with Crippen molar-refractivity contribution in [2.75, 3.05) is 0 Å². The maximum atomic E-state index is 2.41. The van der Waals surface area contributed by atoms with E-state index in [4.69, 9.17) is 0 Å². The molecule has 2 heteroatoms. The number of hydrogen-bond acceptors (Lipinski definition) is 0. The predicted molar refractivity (Wildman–Crippen MR) is 77.6 cm³/mol. The van der Waals surface area contributed by atoms with Crippen LogP contribution < -0.4 is 4.57 Å². The fourth-order valence-electron chi connectivity index (χ4n) is 2.56. The molecule has 0 aliphatic heterocycles. The van der Waals surface area contributed by atoms with Crippen LogP contribution in [0.2, 0.25) is 0 Å². The lowest BCUT2D eigenvalue weighted by Crippen LogP contribution is -2.30. The van der Waals surface area contributed by atoms with E-state index in [9.17, 15) is 0 Å². The Morgan fingerprint density at radius 1 is 1.00 bits per heavy atom. The lowest BCUT2D eigenvalue weighted by atomic mass is 10.0. The van der Waals surface area contributed by atoms with Crippen LogP contribution in [0.3, 0.4) is 0 Å². The Bertz CT molecular complexity index is 304. The van der Waals surface area contributed by atoms with Gasteiger partial charge < -0.3 is 0 Å². The highest BCUT2D eigenvalue weighted by Gasteiger charge is 2.14. The molecule has 0 spiro atoms. The van der Waals surface area contributed by atoms with Crippen LogP contribution in [0.1, 0.15) is 78.2 Å². The van der Waals surface area contributed by atoms with Crippen LogP contribution in [0.15, 0.2) is 18.7 Å². The number of aryl methyl sites for hydroxylation is 1. The molecule has 0 saturated carbocycles. The van der Waals surface area contributed by atoms with Crippen LogP contribution in [0.5, 0.6) is 0 Å². The molecule has 1 aromatic heterocycles. The summed E-state index contributed by atoms with van der Waals surface area (Å²) >= 11 is 0. The predicted octanol–water partition coefficient (Wildman–Crippen LogP) is 4.50. The van der Waals surface area contributed by atoms with Crippen LogP contribution in [0.4, 0.5) is 0 Å². The molecule has 1 rings (SSSR count). The Kier molecular flexibility index (Phi) is 7.79. The highest BCUT2D eigenvalue weighted by Crippen LogP contribution is 2.19. The summed E-state index contributed by atoms with van der Waals surface area (Å²) in [5.41, 5.74) is 0. The molecular weight excluding hydrogens is 220 g/mol. The zero-order valence-electron chi connectivity index (χ0n) is 12.6. The standard InChI is InChI=1S/C16H31N2/c1-4-7-8-9-10-11-16(6-3)18-14-13-17(15-18)12-5-2/h13-16H,4-12H2,1-3H3/q+1. The lowest BCUT2D eigenvalue weighted by Gasteiger charge is -2.11. The Labute approximate surface area is 113 Å². The van der Waals surface area contributed by atoms with E-state index in [1.807, 2.05) is 0 Å². The van der Waals surface area contributed by atoms with Crippen molar-refractivity contribution in [3.63, 3.8) is 0 Å². The molecule has 0 aromatic carbocycles. The summed E-state index contributed by atoms with van der Waals surface area (Å²) in [6.07, 6.45) is 17.5. The van der Waals surface area contributed by atoms with Gasteiger partial charge in [-0.05, 0) is 25.7 Å². The number of unbranched alkanes of at least 4 members (excludes halogenated alkanes) is 4. The molecule has 1 heterocycles. The zero-order valence-corrected chi connectivity index (χ0v) is 12.6. The van der Waals surface area contributed by atoms with E-state index in [0.717, 1.165) is 6.54 Å². The third-order valence-corrected chi connectivity index (χ3v) is 3.73. The monoisotopic (exact) mass is 251 g/mol. The quantitative estimate of drug-likeness (QED) is 0.428. The molecule has 0 N–H and O–H groups in total. The van der Waals surface area contributed by atoms with E-state index in [1.165, 1.54) is 51.4 Å². The van der Waals surface area contributed by atoms with Crippen molar-refractivity contribution in [3.8, 4) is 0 Å².